The molecule has 1 atom stereocenters. The third-order valence-electron chi connectivity index (χ3n) is 2.02. The maximum absolute atomic E-state index is 11.4. The SMILES string of the molecule is CC(C)(C)O.CCC(C)[N]=[V].OC(C(F)(F)F)(C(F)(F)F)C(F)(F)F.[CH3-]. The predicted molar refractivity (Wildman–Crippen MR) is 73.7 cm³/mol. The molecule has 26 heavy (non-hydrogen) atoms. The molecule has 0 saturated heterocycles. The fourth-order valence-electron chi connectivity index (χ4n) is 0.564. The van der Waals surface area contributed by atoms with Crippen LogP contribution in [0.15, 0.2) is 3.79 Å². The van der Waals surface area contributed by atoms with Crippen molar-refractivity contribution in [2.24, 2.45) is 3.79 Å². The molecule has 0 heterocycles. The fourth-order valence-corrected chi connectivity index (χ4v) is 0.819. The molecule has 3 nitrogen and oxygen atoms in total. The third kappa shape index (κ3) is 12.9. The standard InChI is InChI=1S/C4HF9O.C4H9N.C4H10O.CH3.V/c5-2(6,7)1(14,3(8,9)10)4(11,12)13;1-3-4(2)5;1-4(2,3)5;;/h14H;4H,3H2,1-2H3;5H,1-3H3;1H3;/q;;;-1;. The van der Waals surface area contributed by atoms with Crippen molar-refractivity contribution in [2.45, 2.75) is 76.8 Å². The van der Waals surface area contributed by atoms with E-state index in [1.165, 1.54) is 0 Å². The van der Waals surface area contributed by atoms with Crippen molar-refractivity contribution in [1.82, 2.24) is 0 Å². The molecule has 1 unspecified atom stereocenters. The molecule has 13 heteroatoms. The van der Waals surface area contributed by atoms with Gasteiger partial charge in [0.1, 0.15) is 0 Å². The van der Waals surface area contributed by atoms with Gasteiger partial charge in [0, 0.05) is 0 Å². The minimum absolute atomic E-state index is 0. The Bertz CT molecular complexity index is 345. The van der Waals surface area contributed by atoms with Gasteiger partial charge in [0.2, 0.25) is 0 Å². The number of aliphatic hydroxyl groups is 2. The van der Waals surface area contributed by atoms with Crippen molar-refractivity contribution in [2.75, 3.05) is 0 Å². The van der Waals surface area contributed by atoms with Crippen molar-refractivity contribution >= 4 is 0 Å². The van der Waals surface area contributed by atoms with Crippen LogP contribution in [0.4, 0.5) is 39.5 Å². The predicted octanol–water partition coefficient (Wildman–Crippen LogP) is 5.15. The van der Waals surface area contributed by atoms with Gasteiger partial charge in [-0.05, 0) is 20.8 Å². The van der Waals surface area contributed by atoms with E-state index in [0.717, 1.165) is 6.42 Å². The Hall–Kier alpha value is -0.326. The molecule has 2 N–H and O–H groups in total. The average Bonchev–Trinajstić information content (AvgIpc) is 2.31. The van der Waals surface area contributed by atoms with Gasteiger partial charge in [-0.25, -0.2) is 0 Å². The zero-order valence-electron chi connectivity index (χ0n) is 15.0. The Morgan fingerprint density at radius 2 is 1.00 bits per heavy atom. The van der Waals surface area contributed by atoms with Crippen LogP contribution >= 0.6 is 0 Å². The van der Waals surface area contributed by atoms with E-state index in [2.05, 4.69) is 34.9 Å². The van der Waals surface area contributed by atoms with Crippen LogP contribution in [0.2, 0.25) is 0 Å². The summed E-state index contributed by atoms with van der Waals surface area (Å²) >= 11 is 2.24. The molecular weight excluding hydrogens is 424 g/mol. The van der Waals surface area contributed by atoms with Crippen LogP contribution in [0.25, 0.3) is 0 Å². The van der Waals surface area contributed by atoms with Crippen molar-refractivity contribution in [3.8, 4) is 0 Å². The number of hydrogen-bond donors (Lipinski definition) is 2. The molecule has 0 aromatic carbocycles. The second kappa shape index (κ2) is 11.5. The van der Waals surface area contributed by atoms with Crippen LogP contribution in [0.5, 0.6) is 0 Å². The number of alkyl halides is 9. The molecular formula is C13H23F9NO2V-. The van der Waals surface area contributed by atoms with Gasteiger partial charge >= 0.3 is 71.5 Å². The molecule has 161 valence electrons. The molecule has 0 spiro atoms. The number of nitrogens with zero attached hydrogens (tertiary/aromatic N) is 1. The second-order valence-electron chi connectivity index (χ2n) is 5.75. The minimum Gasteiger partial charge on any atom is -0.367 e. The van der Waals surface area contributed by atoms with Crippen molar-refractivity contribution in [3.05, 3.63) is 7.43 Å². The first-order chi connectivity index (χ1) is 10.6. The Labute approximate surface area is 155 Å². The summed E-state index contributed by atoms with van der Waals surface area (Å²) in [7, 11) is 0. The van der Waals surface area contributed by atoms with Crippen LogP contribution in [0.3, 0.4) is 0 Å². The van der Waals surface area contributed by atoms with Gasteiger partial charge in [-0.1, -0.05) is 0 Å². The van der Waals surface area contributed by atoms with E-state index < -0.39 is 29.7 Å². The maximum Gasteiger partial charge on any atom is 0.435 e. The summed E-state index contributed by atoms with van der Waals surface area (Å²) in [5.41, 5.74) is -7.19. The van der Waals surface area contributed by atoms with Gasteiger partial charge in [-0.2, -0.15) is 39.5 Å². The second-order valence-corrected chi connectivity index (χ2v) is 6.11. The summed E-state index contributed by atoms with van der Waals surface area (Å²) < 4.78 is 107. The largest absolute Gasteiger partial charge is 0.435 e. The van der Waals surface area contributed by atoms with Crippen molar-refractivity contribution < 1.29 is 67.0 Å². The Kier molecular flexibility index (Phi) is 14.7. The normalized spacial score (nSPS) is 14.0. The summed E-state index contributed by atoms with van der Waals surface area (Å²) in [6.45, 7) is 9.45. The van der Waals surface area contributed by atoms with Crippen molar-refractivity contribution in [1.29, 1.82) is 0 Å². The Balaban J connectivity index is -0.000000168. The summed E-state index contributed by atoms with van der Waals surface area (Å²) in [5, 5.41) is 16.2. The van der Waals surface area contributed by atoms with Crippen LogP contribution in [-0.2, 0) is 17.2 Å². The zero-order chi connectivity index (χ0) is 21.5. The molecule has 0 aromatic rings. The molecule has 0 amide bonds. The van der Waals surface area contributed by atoms with Crippen LogP contribution in [0.1, 0.15) is 41.0 Å². The number of halogens is 9. The average molecular weight is 447 g/mol. The Morgan fingerprint density at radius 3 is 1.00 bits per heavy atom. The Morgan fingerprint density at radius 1 is 0.808 bits per heavy atom. The van der Waals surface area contributed by atoms with Gasteiger partial charge in [0.15, 0.2) is 0 Å². The molecule has 0 aliphatic heterocycles. The van der Waals surface area contributed by atoms with E-state index in [-0.39, 0.29) is 7.43 Å². The number of rotatable bonds is 2. The van der Waals surface area contributed by atoms with Crippen LogP contribution < -0.4 is 0 Å². The quantitative estimate of drug-likeness (QED) is 0.455. The molecule has 0 fully saturated rings. The molecule has 0 bridgehead atoms. The van der Waals surface area contributed by atoms with E-state index in [1.807, 2.05) is 0 Å². The first-order valence-corrected chi connectivity index (χ1v) is 7.17. The van der Waals surface area contributed by atoms with E-state index >= 15 is 0 Å². The fraction of sp³-hybridized carbons (Fsp3) is 0.923. The summed E-state index contributed by atoms with van der Waals surface area (Å²) in [4.78, 5) is 0. The molecule has 0 radical (unpaired) electrons. The monoisotopic (exact) mass is 447 g/mol. The topological polar surface area (TPSA) is 52.8 Å². The van der Waals surface area contributed by atoms with Gasteiger partial charge in [0.05, 0.1) is 5.60 Å². The third-order valence-corrected chi connectivity index (χ3v) is 2.63. The van der Waals surface area contributed by atoms with E-state index in [0.29, 0.717) is 6.04 Å². The van der Waals surface area contributed by atoms with Gasteiger partial charge in [-0.3, -0.25) is 0 Å². The molecule has 0 rings (SSSR count). The molecule has 0 aliphatic rings. The van der Waals surface area contributed by atoms with Crippen LogP contribution in [0, 0.1) is 7.43 Å². The van der Waals surface area contributed by atoms with E-state index in [9.17, 15) is 39.5 Å². The molecule has 0 aromatic heterocycles. The van der Waals surface area contributed by atoms with E-state index in [4.69, 9.17) is 10.2 Å². The molecule has 0 aliphatic carbocycles. The van der Waals surface area contributed by atoms with Crippen molar-refractivity contribution in [3.63, 3.8) is 0 Å². The zero-order valence-corrected chi connectivity index (χ0v) is 16.4. The van der Waals surface area contributed by atoms with Gasteiger partial charge in [0.25, 0.3) is 0 Å². The first-order valence-electron chi connectivity index (χ1n) is 6.55. The summed E-state index contributed by atoms with van der Waals surface area (Å²) in [6.07, 6.45) is -19.5. The van der Waals surface area contributed by atoms with Gasteiger partial charge in [-0.15, -0.1) is 0 Å². The first kappa shape index (κ1) is 33.3. The minimum atomic E-state index is -6.87. The van der Waals surface area contributed by atoms with Gasteiger partial charge < -0.3 is 17.6 Å². The maximum atomic E-state index is 11.4. The van der Waals surface area contributed by atoms with Crippen LogP contribution in [-0.4, -0.2) is 46.0 Å². The summed E-state index contributed by atoms with van der Waals surface area (Å²) in [5.74, 6) is 0. The molecule has 0 saturated carbocycles. The smallest absolute Gasteiger partial charge is 0.367 e. The number of hydrogen-bond acceptors (Lipinski definition) is 3. The van der Waals surface area contributed by atoms with E-state index in [1.54, 1.807) is 20.8 Å². The summed E-state index contributed by atoms with van der Waals surface area (Å²) in [6, 6.07) is 0.532.